The van der Waals surface area contributed by atoms with Gasteiger partial charge in [-0.25, -0.2) is 4.39 Å². The molecule has 0 bridgehead atoms. The molecule has 0 amide bonds. The summed E-state index contributed by atoms with van der Waals surface area (Å²) in [5.74, 6) is 5.38. The Hall–Kier alpha value is -1.23. The van der Waals surface area contributed by atoms with Crippen LogP contribution in [0.1, 0.15) is 22.7 Å². The number of halogens is 1. The Balaban J connectivity index is 2.19. The second-order valence-electron chi connectivity index (χ2n) is 4.05. The maximum Gasteiger partial charge on any atom is 0.123 e. The Labute approximate surface area is 104 Å². The van der Waals surface area contributed by atoms with Crippen molar-refractivity contribution in [2.24, 2.45) is 5.84 Å². The minimum atomic E-state index is -0.195. The zero-order valence-corrected chi connectivity index (χ0v) is 10.4. The van der Waals surface area contributed by atoms with Gasteiger partial charge in [0.1, 0.15) is 5.82 Å². The zero-order valence-electron chi connectivity index (χ0n) is 9.61. The van der Waals surface area contributed by atoms with Gasteiger partial charge >= 0.3 is 0 Å². The molecule has 0 aliphatic heterocycles. The van der Waals surface area contributed by atoms with E-state index in [-0.39, 0.29) is 11.9 Å². The van der Waals surface area contributed by atoms with Crippen LogP contribution in [0.5, 0.6) is 0 Å². The molecule has 0 spiro atoms. The standard InChI is InChI=1S/C13H15FN2S/c1-9-6-12(14)3-2-10(9)7-13(16-15)11-4-5-17-8-11/h2-6,8,13,16H,7,15H2,1H3. The lowest BCUT2D eigenvalue weighted by Crippen LogP contribution is -2.29. The largest absolute Gasteiger partial charge is 0.271 e. The van der Waals surface area contributed by atoms with Crippen LogP contribution in [0.15, 0.2) is 35.0 Å². The second-order valence-corrected chi connectivity index (χ2v) is 4.83. The Kier molecular flexibility index (Phi) is 3.89. The molecule has 2 aromatic rings. The minimum Gasteiger partial charge on any atom is -0.271 e. The summed E-state index contributed by atoms with van der Waals surface area (Å²) >= 11 is 1.64. The first kappa shape index (κ1) is 12.2. The highest BCUT2D eigenvalue weighted by Gasteiger charge is 2.12. The summed E-state index contributed by atoms with van der Waals surface area (Å²) in [6.45, 7) is 1.92. The fraction of sp³-hybridized carbons (Fsp3) is 0.231. The van der Waals surface area contributed by atoms with Crippen LogP contribution >= 0.6 is 11.3 Å². The Bertz CT molecular complexity index is 482. The van der Waals surface area contributed by atoms with Crippen molar-refractivity contribution < 1.29 is 4.39 Å². The lowest BCUT2D eigenvalue weighted by atomic mass is 9.98. The monoisotopic (exact) mass is 250 g/mol. The van der Waals surface area contributed by atoms with E-state index < -0.39 is 0 Å². The van der Waals surface area contributed by atoms with Gasteiger partial charge in [0, 0.05) is 0 Å². The van der Waals surface area contributed by atoms with E-state index in [0.29, 0.717) is 0 Å². The van der Waals surface area contributed by atoms with Crippen molar-refractivity contribution in [1.29, 1.82) is 0 Å². The van der Waals surface area contributed by atoms with Gasteiger partial charge in [0.15, 0.2) is 0 Å². The number of nitrogens with one attached hydrogen (secondary N) is 1. The maximum atomic E-state index is 13.0. The van der Waals surface area contributed by atoms with Crippen LogP contribution in [-0.2, 0) is 6.42 Å². The van der Waals surface area contributed by atoms with Gasteiger partial charge in [-0.05, 0) is 59.0 Å². The number of hydrazine groups is 1. The van der Waals surface area contributed by atoms with Crippen LogP contribution in [0.4, 0.5) is 4.39 Å². The first-order valence-electron chi connectivity index (χ1n) is 5.44. The molecule has 0 aliphatic carbocycles. The van der Waals surface area contributed by atoms with Crippen LogP contribution in [0.2, 0.25) is 0 Å². The van der Waals surface area contributed by atoms with Gasteiger partial charge in [-0.2, -0.15) is 11.3 Å². The van der Waals surface area contributed by atoms with E-state index in [9.17, 15) is 4.39 Å². The number of nitrogens with two attached hydrogens (primary N) is 1. The SMILES string of the molecule is Cc1cc(F)ccc1CC(NN)c1ccsc1. The van der Waals surface area contributed by atoms with Crippen molar-refractivity contribution in [1.82, 2.24) is 5.43 Å². The molecule has 0 saturated heterocycles. The summed E-state index contributed by atoms with van der Waals surface area (Å²) in [6, 6.07) is 6.99. The summed E-state index contributed by atoms with van der Waals surface area (Å²) in [7, 11) is 0. The van der Waals surface area contributed by atoms with E-state index in [4.69, 9.17) is 5.84 Å². The molecule has 0 radical (unpaired) electrons. The highest BCUT2D eigenvalue weighted by Crippen LogP contribution is 2.22. The van der Waals surface area contributed by atoms with Crippen molar-refractivity contribution in [3.8, 4) is 0 Å². The molecule has 0 aliphatic rings. The quantitative estimate of drug-likeness (QED) is 0.647. The van der Waals surface area contributed by atoms with Crippen molar-refractivity contribution in [3.05, 3.63) is 57.5 Å². The van der Waals surface area contributed by atoms with Crippen LogP contribution in [0.3, 0.4) is 0 Å². The van der Waals surface area contributed by atoms with Gasteiger partial charge in [-0.3, -0.25) is 11.3 Å². The van der Waals surface area contributed by atoms with E-state index in [1.807, 2.05) is 24.4 Å². The van der Waals surface area contributed by atoms with Crippen LogP contribution in [0, 0.1) is 12.7 Å². The minimum absolute atomic E-state index is 0.0745. The second kappa shape index (κ2) is 5.40. The lowest BCUT2D eigenvalue weighted by molar-refractivity contribution is 0.551. The molecule has 1 aromatic heterocycles. The average Bonchev–Trinajstić information content (AvgIpc) is 2.81. The number of rotatable bonds is 4. The number of aryl methyl sites for hydroxylation is 1. The van der Waals surface area contributed by atoms with Gasteiger partial charge in [0.05, 0.1) is 6.04 Å². The fourth-order valence-electron chi connectivity index (χ4n) is 1.85. The Morgan fingerprint density at radius 2 is 2.24 bits per heavy atom. The van der Waals surface area contributed by atoms with Crippen molar-refractivity contribution in [2.45, 2.75) is 19.4 Å². The predicted molar refractivity (Wildman–Crippen MR) is 69.2 cm³/mol. The molecule has 2 nitrogen and oxygen atoms in total. The Morgan fingerprint density at radius 1 is 1.41 bits per heavy atom. The molecule has 3 N–H and O–H groups in total. The number of thiophene rings is 1. The molecule has 90 valence electrons. The van der Waals surface area contributed by atoms with E-state index >= 15 is 0 Å². The third-order valence-corrected chi connectivity index (χ3v) is 3.58. The topological polar surface area (TPSA) is 38.0 Å². The first-order chi connectivity index (χ1) is 8.20. The third kappa shape index (κ3) is 2.91. The molecule has 0 fully saturated rings. The van der Waals surface area contributed by atoms with Crippen molar-refractivity contribution in [2.75, 3.05) is 0 Å². The van der Waals surface area contributed by atoms with Gasteiger partial charge in [-0.15, -0.1) is 0 Å². The molecule has 1 heterocycles. The molecule has 1 unspecified atom stereocenters. The molecule has 0 saturated carbocycles. The summed E-state index contributed by atoms with van der Waals surface area (Å²) in [5.41, 5.74) is 6.05. The van der Waals surface area contributed by atoms with E-state index in [2.05, 4.69) is 10.8 Å². The summed E-state index contributed by atoms with van der Waals surface area (Å²) in [4.78, 5) is 0. The number of benzene rings is 1. The molecular formula is C13H15FN2S. The molecule has 17 heavy (non-hydrogen) atoms. The molecule has 4 heteroatoms. The number of hydrogen-bond donors (Lipinski definition) is 2. The highest BCUT2D eigenvalue weighted by atomic mass is 32.1. The Morgan fingerprint density at radius 3 is 2.82 bits per heavy atom. The van der Waals surface area contributed by atoms with Crippen molar-refractivity contribution in [3.63, 3.8) is 0 Å². The number of hydrogen-bond acceptors (Lipinski definition) is 3. The molecule has 1 atom stereocenters. The first-order valence-corrected chi connectivity index (χ1v) is 6.38. The highest BCUT2D eigenvalue weighted by molar-refractivity contribution is 7.07. The summed E-state index contributed by atoms with van der Waals surface area (Å²) in [5, 5.41) is 4.10. The summed E-state index contributed by atoms with van der Waals surface area (Å²) < 4.78 is 13.0. The maximum absolute atomic E-state index is 13.0. The lowest BCUT2D eigenvalue weighted by Gasteiger charge is -2.16. The van der Waals surface area contributed by atoms with Gasteiger partial charge < -0.3 is 0 Å². The smallest absolute Gasteiger partial charge is 0.123 e. The molecule has 1 aromatic carbocycles. The molecule has 2 rings (SSSR count). The van der Waals surface area contributed by atoms with Gasteiger partial charge in [0.25, 0.3) is 0 Å². The third-order valence-electron chi connectivity index (χ3n) is 2.88. The van der Waals surface area contributed by atoms with E-state index in [1.54, 1.807) is 17.4 Å². The van der Waals surface area contributed by atoms with Crippen molar-refractivity contribution >= 4 is 11.3 Å². The normalized spacial score (nSPS) is 12.6. The van der Waals surface area contributed by atoms with E-state index in [0.717, 1.165) is 17.5 Å². The zero-order chi connectivity index (χ0) is 12.3. The fourth-order valence-corrected chi connectivity index (χ4v) is 2.57. The van der Waals surface area contributed by atoms with Gasteiger partial charge in [0.2, 0.25) is 0 Å². The average molecular weight is 250 g/mol. The van der Waals surface area contributed by atoms with Gasteiger partial charge in [-0.1, -0.05) is 6.07 Å². The van der Waals surface area contributed by atoms with Crippen LogP contribution in [-0.4, -0.2) is 0 Å². The summed E-state index contributed by atoms with van der Waals surface area (Å²) in [6.07, 6.45) is 0.763. The van der Waals surface area contributed by atoms with Crippen LogP contribution < -0.4 is 11.3 Å². The van der Waals surface area contributed by atoms with E-state index in [1.165, 1.54) is 11.6 Å². The van der Waals surface area contributed by atoms with Crippen LogP contribution in [0.25, 0.3) is 0 Å². The predicted octanol–water partition coefficient (Wildman–Crippen LogP) is 2.94. The molecular weight excluding hydrogens is 235 g/mol.